The fourth-order valence-electron chi connectivity index (χ4n) is 8.64. The second-order valence-electron chi connectivity index (χ2n) is 14.8. The van der Waals surface area contributed by atoms with E-state index in [0.29, 0.717) is 35.6 Å². The number of carbonyl (C=O) groups excluding carboxylic acids is 3. The molecule has 2 N–H and O–H groups in total. The first kappa shape index (κ1) is 35.7. The van der Waals surface area contributed by atoms with Gasteiger partial charge in [-0.05, 0) is 92.9 Å². The van der Waals surface area contributed by atoms with E-state index < -0.39 is 36.1 Å². The van der Waals surface area contributed by atoms with Crippen molar-refractivity contribution in [2.24, 2.45) is 13.0 Å². The third kappa shape index (κ3) is 6.80. The minimum absolute atomic E-state index is 0.0864. The summed E-state index contributed by atoms with van der Waals surface area (Å²) in [4.78, 5) is 56.5. The number of aromatic nitrogens is 5. The highest BCUT2D eigenvalue weighted by Gasteiger charge is 2.36. The van der Waals surface area contributed by atoms with Crippen LogP contribution >= 0.6 is 0 Å². The van der Waals surface area contributed by atoms with Crippen molar-refractivity contribution in [3.63, 3.8) is 0 Å². The van der Waals surface area contributed by atoms with Crippen LogP contribution in [0.25, 0.3) is 21.9 Å². The van der Waals surface area contributed by atoms with Gasteiger partial charge in [0, 0.05) is 49.7 Å². The number of hydrogen-bond donors (Lipinski definition) is 2. The number of likely N-dealkylation sites (tertiary alicyclic amines) is 1. The molecule has 2 aromatic carbocycles. The third-order valence-electron chi connectivity index (χ3n) is 11.4. The molecule has 2 saturated heterocycles. The first-order valence-electron chi connectivity index (χ1n) is 18.5. The Hall–Kier alpha value is -5.31. The smallest absolute Gasteiger partial charge is 0.321 e. The number of para-hydroxylation sites is 1. The Morgan fingerprint density at radius 1 is 1.00 bits per heavy atom. The molecule has 3 aliphatic rings. The van der Waals surface area contributed by atoms with Crippen molar-refractivity contribution >= 4 is 45.3 Å². The summed E-state index contributed by atoms with van der Waals surface area (Å²) in [6.07, 6.45) is 2.92. The molecule has 15 heteroatoms. The molecule has 282 valence electrons. The van der Waals surface area contributed by atoms with E-state index in [-0.39, 0.29) is 42.1 Å². The number of imidazole rings is 1. The van der Waals surface area contributed by atoms with Crippen LogP contribution in [-0.4, -0.2) is 72.3 Å². The summed E-state index contributed by atoms with van der Waals surface area (Å²) in [7, 11) is 1.65. The van der Waals surface area contributed by atoms with E-state index in [1.807, 2.05) is 35.1 Å². The number of halogens is 3. The van der Waals surface area contributed by atoms with Gasteiger partial charge in [0.2, 0.25) is 11.8 Å². The first-order valence-corrected chi connectivity index (χ1v) is 18.5. The molecule has 0 spiro atoms. The van der Waals surface area contributed by atoms with Gasteiger partial charge in [0.15, 0.2) is 0 Å². The zero-order chi connectivity index (χ0) is 37.7. The zero-order valence-corrected chi connectivity index (χ0v) is 29.8. The molecule has 1 saturated carbocycles. The normalized spacial score (nSPS) is 24.0. The fraction of sp³-hybridized carbons (Fsp3) is 0.436. The minimum Gasteiger partial charge on any atom is -0.321 e. The Labute approximate surface area is 308 Å². The van der Waals surface area contributed by atoms with Crippen LogP contribution in [0, 0.1) is 5.92 Å². The van der Waals surface area contributed by atoms with E-state index in [9.17, 15) is 28.0 Å². The number of hydrogen-bond acceptors (Lipinski definition) is 7. The molecule has 1 aliphatic carbocycles. The van der Waals surface area contributed by atoms with Crippen molar-refractivity contribution in [2.45, 2.75) is 75.5 Å². The predicted molar refractivity (Wildman–Crippen MR) is 195 cm³/mol. The quantitative estimate of drug-likeness (QED) is 0.192. The lowest BCUT2D eigenvalue weighted by Crippen LogP contribution is -2.44. The van der Waals surface area contributed by atoms with Gasteiger partial charge in [-0.2, -0.15) is 5.10 Å². The topological polar surface area (TPSA) is 136 Å². The number of amides is 3. The van der Waals surface area contributed by atoms with E-state index in [2.05, 4.69) is 20.5 Å². The second-order valence-corrected chi connectivity index (χ2v) is 14.8. The van der Waals surface area contributed by atoms with E-state index in [4.69, 9.17) is 5.10 Å². The molecule has 5 heterocycles. The molecule has 8 rings (SSSR count). The van der Waals surface area contributed by atoms with Gasteiger partial charge in [0.05, 0.1) is 22.6 Å². The Bertz CT molecular complexity index is 2310. The summed E-state index contributed by atoms with van der Waals surface area (Å²) >= 11 is 0. The van der Waals surface area contributed by atoms with E-state index in [0.717, 1.165) is 55.2 Å². The number of aryl methyl sites for hydroxylation is 1. The number of imide groups is 1. The van der Waals surface area contributed by atoms with Crippen LogP contribution in [0.2, 0.25) is 0 Å². The van der Waals surface area contributed by atoms with Gasteiger partial charge in [-0.3, -0.25) is 33.5 Å². The fourth-order valence-corrected chi connectivity index (χ4v) is 8.64. The Kier molecular flexibility index (Phi) is 9.58. The van der Waals surface area contributed by atoms with Gasteiger partial charge >= 0.3 is 5.69 Å². The highest BCUT2D eigenvalue weighted by atomic mass is 19.3. The minimum atomic E-state index is -2.77. The van der Waals surface area contributed by atoms with Gasteiger partial charge in [-0.1, -0.05) is 18.2 Å². The number of rotatable bonds is 8. The van der Waals surface area contributed by atoms with Gasteiger partial charge < -0.3 is 10.2 Å². The monoisotopic (exact) mass is 742 g/mol. The van der Waals surface area contributed by atoms with Crippen LogP contribution in [0.15, 0.2) is 65.6 Å². The van der Waals surface area contributed by atoms with Gasteiger partial charge in [0.25, 0.3) is 12.3 Å². The maximum Gasteiger partial charge on any atom is 0.329 e. The van der Waals surface area contributed by atoms with Crippen molar-refractivity contribution in [1.29, 1.82) is 0 Å². The number of carbonyl (C=O) groups is 3. The molecule has 3 fully saturated rings. The van der Waals surface area contributed by atoms with Crippen LogP contribution in [-0.2, 0) is 16.6 Å². The molecule has 54 heavy (non-hydrogen) atoms. The summed E-state index contributed by atoms with van der Waals surface area (Å²) in [6.45, 7) is 1.86. The highest BCUT2D eigenvalue weighted by Crippen LogP contribution is 2.38. The van der Waals surface area contributed by atoms with Crippen LogP contribution < -0.4 is 16.3 Å². The van der Waals surface area contributed by atoms with Crippen molar-refractivity contribution in [1.82, 2.24) is 34.1 Å². The van der Waals surface area contributed by atoms with Crippen LogP contribution in [0.5, 0.6) is 0 Å². The summed E-state index contributed by atoms with van der Waals surface area (Å²) < 4.78 is 47.1. The van der Waals surface area contributed by atoms with Gasteiger partial charge in [-0.25, -0.2) is 22.9 Å². The number of pyridine rings is 1. The first-order chi connectivity index (χ1) is 26.0. The van der Waals surface area contributed by atoms with E-state index in [1.54, 1.807) is 19.2 Å². The molecule has 1 unspecified atom stereocenters. The second kappa shape index (κ2) is 14.5. The predicted octanol–water partition coefficient (Wildman–Crippen LogP) is 5.81. The zero-order valence-electron chi connectivity index (χ0n) is 29.8. The molecule has 3 amide bonds. The molecular weight excluding hydrogens is 701 g/mol. The molecule has 2 aliphatic heterocycles. The average molecular weight is 743 g/mol. The van der Waals surface area contributed by atoms with Crippen molar-refractivity contribution < 1.29 is 27.6 Å². The SMILES string of the molecule is Cn1c(=O)n(C2CCC(=O)NC2=O)c2cccc([C@H]3CCN(CC4CCC(n5cc6cc(NC(=O)c7cccc(C(F)F)n7)ccc6n5)CC4)C[C@@H]3F)c21. The lowest BCUT2D eigenvalue weighted by atomic mass is 9.83. The number of alkyl halides is 3. The molecule has 3 atom stereocenters. The largest absolute Gasteiger partial charge is 0.329 e. The van der Waals surface area contributed by atoms with Crippen molar-refractivity contribution in [3.8, 4) is 0 Å². The van der Waals surface area contributed by atoms with Crippen molar-refractivity contribution in [3.05, 3.63) is 88.2 Å². The summed E-state index contributed by atoms with van der Waals surface area (Å²) in [5.41, 5.74) is 2.38. The molecule has 0 bridgehead atoms. The number of benzene rings is 2. The Morgan fingerprint density at radius 2 is 1.80 bits per heavy atom. The van der Waals surface area contributed by atoms with Crippen LogP contribution in [0.3, 0.4) is 0 Å². The van der Waals surface area contributed by atoms with Crippen molar-refractivity contribution in [2.75, 3.05) is 25.0 Å². The van der Waals surface area contributed by atoms with Crippen LogP contribution in [0.1, 0.15) is 91.1 Å². The molecule has 5 aromatic rings. The highest BCUT2D eigenvalue weighted by molar-refractivity contribution is 6.04. The van der Waals surface area contributed by atoms with E-state index in [1.165, 1.54) is 27.3 Å². The average Bonchev–Trinajstić information content (AvgIpc) is 3.70. The molecule has 3 aromatic heterocycles. The number of anilines is 1. The summed E-state index contributed by atoms with van der Waals surface area (Å²) in [6, 6.07) is 14.2. The number of nitrogens with one attached hydrogen (secondary N) is 2. The molecule has 12 nitrogen and oxygen atoms in total. The number of nitrogens with zero attached hydrogens (tertiary/aromatic N) is 6. The van der Waals surface area contributed by atoms with Gasteiger partial charge in [-0.15, -0.1) is 0 Å². The lowest BCUT2D eigenvalue weighted by molar-refractivity contribution is -0.135. The summed E-state index contributed by atoms with van der Waals surface area (Å²) in [5.74, 6) is -1.37. The standard InChI is InChI=1S/C39H41F3N8O4/c1-47-35-27(4-2-7-32(35)50(39(47)54)33-14-15-34(51)45-38(33)53)26-16-17-48(21-28(26)40)19-22-8-11-25(12-9-22)49-20-23-18-24(10-13-29(23)46-49)43-37(52)31-6-3-5-30(44-31)36(41)42/h2-7,10,13,18,20,22,25-26,28,33,36H,8-9,11-12,14-17,19,21H2,1H3,(H,43,52)(H,45,51,53)/t22?,25?,26-,28+,33?/m1/s1. The number of fused-ring (bicyclic) bond motifs is 2. The van der Waals surface area contributed by atoms with Gasteiger partial charge in [0.1, 0.15) is 23.6 Å². The Balaban J connectivity index is 0.874. The lowest BCUT2D eigenvalue weighted by Gasteiger charge is -2.38. The summed E-state index contributed by atoms with van der Waals surface area (Å²) in [5, 5.41) is 10.7. The number of piperidine rings is 2. The van der Waals surface area contributed by atoms with Crippen LogP contribution in [0.4, 0.5) is 18.9 Å². The maximum atomic E-state index is 16.1. The Morgan fingerprint density at radius 3 is 2.56 bits per heavy atom. The molecular formula is C39H41F3N8O4. The molecule has 0 radical (unpaired) electrons. The van der Waals surface area contributed by atoms with E-state index >= 15 is 4.39 Å². The third-order valence-corrected chi connectivity index (χ3v) is 11.4. The maximum absolute atomic E-state index is 16.1.